The molecule has 21 heavy (non-hydrogen) atoms. The van der Waals surface area contributed by atoms with Crippen LogP contribution in [0.25, 0.3) is 0 Å². The molecule has 1 aliphatic carbocycles. The van der Waals surface area contributed by atoms with Crippen molar-refractivity contribution in [2.75, 3.05) is 6.61 Å². The molecule has 0 heterocycles. The largest absolute Gasteiger partial charge is 0.493 e. The van der Waals surface area contributed by atoms with E-state index in [1.165, 1.54) is 30.4 Å². The summed E-state index contributed by atoms with van der Waals surface area (Å²) in [5, 5.41) is 3.14. The predicted molar refractivity (Wildman–Crippen MR) is 85.7 cm³/mol. The minimum absolute atomic E-state index is 0.173. The Hall–Kier alpha value is -1.51. The van der Waals surface area contributed by atoms with Crippen molar-refractivity contribution in [3.63, 3.8) is 0 Å². The van der Waals surface area contributed by atoms with Crippen LogP contribution in [-0.2, 0) is 4.79 Å². The van der Waals surface area contributed by atoms with E-state index in [-0.39, 0.29) is 5.91 Å². The summed E-state index contributed by atoms with van der Waals surface area (Å²) in [6, 6.07) is 6.49. The van der Waals surface area contributed by atoms with E-state index in [9.17, 15) is 4.79 Å². The molecule has 1 aromatic rings. The number of aryl methyl sites for hydroxylation is 1. The lowest BCUT2D eigenvalue weighted by Gasteiger charge is -2.22. The number of benzene rings is 1. The van der Waals surface area contributed by atoms with Crippen LogP contribution in [0.1, 0.15) is 56.1 Å². The van der Waals surface area contributed by atoms with Gasteiger partial charge in [-0.05, 0) is 50.3 Å². The summed E-state index contributed by atoms with van der Waals surface area (Å²) < 4.78 is 5.78. The van der Waals surface area contributed by atoms with Crippen LogP contribution in [0.15, 0.2) is 18.2 Å². The number of ether oxygens (including phenoxy) is 1. The smallest absolute Gasteiger partial charge is 0.220 e. The predicted octanol–water partition coefficient (Wildman–Crippen LogP) is 3.91. The highest BCUT2D eigenvalue weighted by molar-refractivity contribution is 5.76. The fourth-order valence-electron chi connectivity index (χ4n) is 2.84. The third-order valence-electron chi connectivity index (χ3n) is 4.33. The van der Waals surface area contributed by atoms with Crippen LogP contribution in [0, 0.1) is 13.8 Å². The van der Waals surface area contributed by atoms with E-state index in [4.69, 9.17) is 4.74 Å². The lowest BCUT2D eigenvalue weighted by Crippen LogP contribution is -2.36. The summed E-state index contributed by atoms with van der Waals surface area (Å²) in [7, 11) is 0. The molecule has 1 N–H and O–H groups in total. The van der Waals surface area contributed by atoms with E-state index >= 15 is 0 Å². The highest BCUT2D eigenvalue weighted by Crippen LogP contribution is 2.21. The summed E-state index contributed by atoms with van der Waals surface area (Å²) in [5.41, 5.74) is 2.42. The molecule has 3 heteroatoms. The van der Waals surface area contributed by atoms with Crippen LogP contribution in [0.5, 0.6) is 5.75 Å². The maximum absolute atomic E-state index is 11.9. The van der Waals surface area contributed by atoms with Crippen molar-refractivity contribution in [1.29, 1.82) is 0 Å². The van der Waals surface area contributed by atoms with E-state index in [1.807, 2.05) is 12.1 Å². The van der Waals surface area contributed by atoms with Gasteiger partial charge in [0.15, 0.2) is 0 Å². The van der Waals surface area contributed by atoms with Gasteiger partial charge in [0.1, 0.15) is 5.75 Å². The van der Waals surface area contributed by atoms with E-state index in [1.54, 1.807) is 0 Å². The first-order valence-electron chi connectivity index (χ1n) is 8.15. The van der Waals surface area contributed by atoms with Gasteiger partial charge in [-0.15, -0.1) is 0 Å². The molecule has 3 nitrogen and oxygen atoms in total. The zero-order valence-corrected chi connectivity index (χ0v) is 13.3. The molecule has 1 saturated carbocycles. The molecule has 1 fully saturated rings. The molecule has 0 spiro atoms. The first kappa shape index (κ1) is 15.9. The van der Waals surface area contributed by atoms with Gasteiger partial charge in [0.05, 0.1) is 6.61 Å². The molecule has 0 aromatic heterocycles. The molecule has 1 amide bonds. The van der Waals surface area contributed by atoms with Gasteiger partial charge < -0.3 is 10.1 Å². The highest BCUT2D eigenvalue weighted by atomic mass is 16.5. The van der Waals surface area contributed by atoms with Crippen molar-refractivity contribution in [3.8, 4) is 5.75 Å². The second-order valence-corrected chi connectivity index (χ2v) is 6.05. The van der Waals surface area contributed by atoms with E-state index < -0.39 is 0 Å². The highest BCUT2D eigenvalue weighted by Gasteiger charge is 2.15. The number of rotatable bonds is 6. The minimum Gasteiger partial charge on any atom is -0.493 e. The summed E-state index contributed by atoms with van der Waals surface area (Å²) in [6.45, 7) is 4.75. The quantitative estimate of drug-likeness (QED) is 0.806. The lowest BCUT2D eigenvalue weighted by molar-refractivity contribution is -0.122. The third kappa shape index (κ3) is 5.07. The fraction of sp³-hybridized carbons (Fsp3) is 0.611. The van der Waals surface area contributed by atoms with Crippen molar-refractivity contribution < 1.29 is 9.53 Å². The standard InChI is InChI=1S/C18H27NO2/c1-14-8-6-11-17(15(14)2)21-13-7-12-18(20)19-16-9-4-3-5-10-16/h6,8,11,16H,3-5,7,9-10,12-13H2,1-2H3,(H,19,20). The van der Waals surface area contributed by atoms with Gasteiger partial charge in [-0.3, -0.25) is 4.79 Å². The van der Waals surface area contributed by atoms with Gasteiger partial charge in [0.2, 0.25) is 5.91 Å². The molecule has 1 aliphatic rings. The average Bonchev–Trinajstić information content (AvgIpc) is 2.49. The third-order valence-corrected chi connectivity index (χ3v) is 4.33. The normalized spacial score (nSPS) is 15.7. The van der Waals surface area contributed by atoms with Crippen molar-refractivity contribution in [2.24, 2.45) is 0 Å². The Morgan fingerprint density at radius 2 is 2.00 bits per heavy atom. The Bertz CT molecular complexity index is 464. The maximum atomic E-state index is 11.9. The van der Waals surface area contributed by atoms with E-state index in [0.29, 0.717) is 19.1 Å². The molecule has 0 saturated heterocycles. The van der Waals surface area contributed by atoms with E-state index in [0.717, 1.165) is 25.0 Å². The Balaban J connectivity index is 1.65. The molecule has 1 aromatic carbocycles. The first-order valence-corrected chi connectivity index (χ1v) is 8.15. The van der Waals surface area contributed by atoms with E-state index in [2.05, 4.69) is 25.2 Å². The van der Waals surface area contributed by atoms with Crippen LogP contribution >= 0.6 is 0 Å². The molecule has 0 bridgehead atoms. The van der Waals surface area contributed by atoms with Gasteiger partial charge in [-0.1, -0.05) is 31.4 Å². The monoisotopic (exact) mass is 289 g/mol. The summed E-state index contributed by atoms with van der Waals surface area (Å²) in [4.78, 5) is 11.9. The molecular formula is C18H27NO2. The maximum Gasteiger partial charge on any atom is 0.220 e. The Kier molecular flexibility index (Phi) is 6.09. The van der Waals surface area contributed by atoms with Gasteiger partial charge in [0, 0.05) is 12.5 Å². The lowest BCUT2D eigenvalue weighted by atomic mass is 9.95. The summed E-state index contributed by atoms with van der Waals surface area (Å²) in [6.07, 6.45) is 7.43. The molecular weight excluding hydrogens is 262 g/mol. The number of carbonyl (C=O) groups excluding carboxylic acids is 1. The molecule has 2 rings (SSSR count). The SMILES string of the molecule is Cc1cccc(OCCCC(=O)NC2CCCCC2)c1C. The Labute approximate surface area is 128 Å². The Morgan fingerprint density at radius 1 is 1.24 bits per heavy atom. The second-order valence-electron chi connectivity index (χ2n) is 6.05. The van der Waals surface area contributed by atoms with Crippen molar-refractivity contribution in [3.05, 3.63) is 29.3 Å². The van der Waals surface area contributed by atoms with Gasteiger partial charge >= 0.3 is 0 Å². The summed E-state index contributed by atoms with van der Waals surface area (Å²) >= 11 is 0. The van der Waals surface area contributed by atoms with Crippen molar-refractivity contribution in [2.45, 2.75) is 64.8 Å². The Morgan fingerprint density at radius 3 is 2.76 bits per heavy atom. The topological polar surface area (TPSA) is 38.3 Å². The molecule has 0 radical (unpaired) electrons. The zero-order chi connectivity index (χ0) is 15.1. The fourth-order valence-corrected chi connectivity index (χ4v) is 2.84. The number of amides is 1. The van der Waals surface area contributed by atoms with Gasteiger partial charge in [-0.2, -0.15) is 0 Å². The van der Waals surface area contributed by atoms with Crippen molar-refractivity contribution >= 4 is 5.91 Å². The van der Waals surface area contributed by atoms with Crippen LogP contribution < -0.4 is 10.1 Å². The summed E-state index contributed by atoms with van der Waals surface area (Å²) in [5.74, 6) is 1.11. The average molecular weight is 289 g/mol. The number of nitrogens with one attached hydrogen (secondary N) is 1. The van der Waals surface area contributed by atoms with Gasteiger partial charge in [0.25, 0.3) is 0 Å². The van der Waals surface area contributed by atoms with Crippen LogP contribution in [-0.4, -0.2) is 18.6 Å². The zero-order valence-electron chi connectivity index (χ0n) is 13.3. The first-order chi connectivity index (χ1) is 10.2. The van der Waals surface area contributed by atoms with Crippen LogP contribution in [0.4, 0.5) is 0 Å². The molecule has 0 aliphatic heterocycles. The van der Waals surface area contributed by atoms with Crippen molar-refractivity contribution in [1.82, 2.24) is 5.32 Å². The van der Waals surface area contributed by atoms with Crippen LogP contribution in [0.3, 0.4) is 0 Å². The molecule has 0 atom stereocenters. The molecule has 116 valence electrons. The van der Waals surface area contributed by atoms with Gasteiger partial charge in [-0.25, -0.2) is 0 Å². The molecule has 0 unspecified atom stereocenters. The minimum atomic E-state index is 0.173. The van der Waals surface area contributed by atoms with Crippen LogP contribution in [0.2, 0.25) is 0 Å². The number of carbonyl (C=O) groups is 1. The second kappa shape index (κ2) is 8.06. The number of hydrogen-bond donors (Lipinski definition) is 1. The number of hydrogen-bond acceptors (Lipinski definition) is 2.